The van der Waals surface area contributed by atoms with E-state index in [1.807, 2.05) is 0 Å². The molecule has 0 aromatic heterocycles. The Bertz CT molecular complexity index is 821. The van der Waals surface area contributed by atoms with Crippen LogP contribution in [0.3, 0.4) is 0 Å². The van der Waals surface area contributed by atoms with Gasteiger partial charge in [0.25, 0.3) is 5.17 Å². The fraction of sp³-hybridized carbons (Fsp3) is 0.471. The Morgan fingerprint density at radius 1 is 1.40 bits per heavy atom. The third-order valence-corrected chi connectivity index (χ3v) is 5.00. The molecule has 1 aromatic carbocycles. The lowest BCUT2D eigenvalue weighted by Crippen LogP contribution is -2.48. The maximum Gasteiger partial charge on any atom is 0.414 e. The fourth-order valence-electron chi connectivity index (χ4n) is 3.25. The van der Waals surface area contributed by atoms with E-state index >= 15 is 0 Å². The number of ether oxygens (including phenoxy) is 2. The SMILES string of the molecule is COC(=S)NC[C@H]1CN(c2cc(F)c(N3CCCN(C(N)=O)NC3)c(F)c2)C(=O)O1. The Kier molecular flexibility index (Phi) is 6.72. The van der Waals surface area contributed by atoms with Crippen LogP contribution in [0, 0.1) is 11.6 Å². The number of thiocarbonyl (C=S) groups is 1. The molecule has 13 heteroatoms. The number of benzene rings is 1. The summed E-state index contributed by atoms with van der Waals surface area (Å²) in [6.07, 6.45) is -0.816. The number of carbonyl (C=O) groups is 2. The maximum absolute atomic E-state index is 14.8. The second-order valence-electron chi connectivity index (χ2n) is 6.67. The number of nitrogens with zero attached hydrogens (tertiary/aromatic N) is 3. The van der Waals surface area contributed by atoms with Gasteiger partial charge < -0.3 is 25.4 Å². The van der Waals surface area contributed by atoms with E-state index in [2.05, 4.69) is 10.7 Å². The van der Waals surface area contributed by atoms with E-state index in [1.165, 1.54) is 17.0 Å². The van der Waals surface area contributed by atoms with Crippen molar-refractivity contribution in [2.24, 2.45) is 5.73 Å². The summed E-state index contributed by atoms with van der Waals surface area (Å²) in [5, 5.41) is 4.10. The molecule has 2 aliphatic heterocycles. The topological polar surface area (TPSA) is 112 Å². The molecular formula is C17H22F2N6O4S. The number of primary amides is 1. The molecule has 2 heterocycles. The lowest BCUT2D eigenvalue weighted by atomic mass is 10.2. The minimum absolute atomic E-state index is 0.00492. The van der Waals surface area contributed by atoms with E-state index in [4.69, 9.17) is 27.4 Å². The quantitative estimate of drug-likeness (QED) is 0.587. The predicted octanol–water partition coefficient (Wildman–Crippen LogP) is 0.864. The number of carbonyl (C=O) groups excluding carboxylic acids is 2. The number of nitrogens with one attached hydrogen (secondary N) is 2. The first-order valence-corrected chi connectivity index (χ1v) is 9.55. The highest BCUT2D eigenvalue weighted by molar-refractivity contribution is 7.80. The second-order valence-corrected chi connectivity index (χ2v) is 7.04. The summed E-state index contributed by atoms with van der Waals surface area (Å²) in [4.78, 5) is 26.0. The van der Waals surface area contributed by atoms with Crippen molar-refractivity contribution < 1.29 is 27.8 Å². The molecule has 164 valence electrons. The van der Waals surface area contributed by atoms with E-state index in [-0.39, 0.29) is 36.3 Å². The zero-order valence-electron chi connectivity index (χ0n) is 16.2. The maximum atomic E-state index is 14.8. The van der Waals surface area contributed by atoms with Crippen LogP contribution in [0.15, 0.2) is 12.1 Å². The molecule has 10 nitrogen and oxygen atoms in total. The number of methoxy groups -OCH3 is 1. The molecule has 0 spiro atoms. The molecule has 3 amide bonds. The van der Waals surface area contributed by atoms with Gasteiger partial charge in [-0.25, -0.2) is 23.8 Å². The van der Waals surface area contributed by atoms with Gasteiger partial charge in [0.15, 0.2) is 11.6 Å². The number of hydrazine groups is 1. The summed E-state index contributed by atoms with van der Waals surface area (Å²) in [7, 11) is 1.40. The van der Waals surface area contributed by atoms with Gasteiger partial charge in [-0.15, -0.1) is 0 Å². The van der Waals surface area contributed by atoms with Crippen LogP contribution in [-0.2, 0) is 9.47 Å². The standard InChI is InChI=1S/C17H22F2N6O4S/c1-28-16(30)21-7-11-8-24(17(27)29-11)10-5-12(18)14(13(19)6-10)23-3-2-4-25(15(20)26)22-9-23/h5-6,11,22H,2-4,7-9H2,1H3,(H2,20,26)(H,21,30)/t11-/m0/s1. The zero-order chi connectivity index (χ0) is 21.8. The van der Waals surface area contributed by atoms with Crippen LogP contribution in [0.25, 0.3) is 0 Å². The molecule has 0 saturated carbocycles. The average molecular weight is 444 g/mol. The van der Waals surface area contributed by atoms with Crippen LogP contribution in [0.2, 0.25) is 0 Å². The summed E-state index contributed by atoms with van der Waals surface area (Å²) in [5.41, 5.74) is 7.75. The number of amides is 3. The van der Waals surface area contributed by atoms with Crippen LogP contribution < -0.4 is 26.3 Å². The number of hydrogen-bond donors (Lipinski definition) is 3. The smallest absolute Gasteiger partial charge is 0.414 e. The van der Waals surface area contributed by atoms with Crippen molar-refractivity contribution in [3.8, 4) is 0 Å². The number of cyclic esters (lactones) is 1. The lowest BCUT2D eigenvalue weighted by molar-refractivity contribution is 0.142. The Morgan fingerprint density at radius 2 is 2.10 bits per heavy atom. The minimum atomic E-state index is -0.839. The van der Waals surface area contributed by atoms with Crippen LogP contribution in [0.1, 0.15) is 6.42 Å². The highest BCUT2D eigenvalue weighted by atomic mass is 32.1. The largest absolute Gasteiger partial charge is 0.474 e. The Labute approximate surface area is 176 Å². The number of nitrogens with two attached hydrogens (primary N) is 1. The first-order valence-electron chi connectivity index (χ1n) is 9.14. The molecule has 0 bridgehead atoms. The third kappa shape index (κ3) is 4.79. The van der Waals surface area contributed by atoms with Gasteiger partial charge in [0, 0.05) is 25.2 Å². The number of anilines is 2. The van der Waals surface area contributed by atoms with Crippen LogP contribution >= 0.6 is 12.2 Å². The minimum Gasteiger partial charge on any atom is -0.474 e. The molecular weight excluding hydrogens is 422 g/mol. The zero-order valence-corrected chi connectivity index (χ0v) is 17.0. The fourth-order valence-corrected chi connectivity index (χ4v) is 3.33. The van der Waals surface area contributed by atoms with Gasteiger partial charge in [-0.05, 0) is 18.6 Å². The van der Waals surface area contributed by atoms with E-state index in [9.17, 15) is 18.4 Å². The first kappa shape index (κ1) is 21.8. The van der Waals surface area contributed by atoms with Crippen molar-refractivity contribution in [1.29, 1.82) is 0 Å². The van der Waals surface area contributed by atoms with E-state index in [0.29, 0.717) is 19.5 Å². The Morgan fingerprint density at radius 3 is 2.73 bits per heavy atom. The van der Waals surface area contributed by atoms with Crippen LogP contribution in [-0.4, -0.2) is 68.4 Å². The Balaban J connectivity index is 1.72. The van der Waals surface area contributed by atoms with Gasteiger partial charge in [0.05, 0.1) is 32.6 Å². The molecule has 1 atom stereocenters. The third-order valence-electron chi connectivity index (χ3n) is 4.69. The van der Waals surface area contributed by atoms with Crippen molar-refractivity contribution in [3.05, 3.63) is 23.8 Å². The number of rotatable bonds is 4. The average Bonchev–Trinajstić information content (AvgIpc) is 2.90. The normalized spacial score (nSPS) is 19.4. The second kappa shape index (κ2) is 9.26. The first-order chi connectivity index (χ1) is 14.3. The number of urea groups is 1. The van der Waals surface area contributed by atoms with Gasteiger partial charge >= 0.3 is 12.1 Å². The molecule has 2 fully saturated rings. The van der Waals surface area contributed by atoms with Gasteiger partial charge in [-0.2, -0.15) is 0 Å². The van der Waals surface area contributed by atoms with Crippen molar-refractivity contribution >= 4 is 40.9 Å². The molecule has 3 rings (SSSR count). The van der Waals surface area contributed by atoms with Crippen LogP contribution in [0.5, 0.6) is 0 Å². The molecule has 2 saturated heterocycles. The molecule has 0 radical (unpaired) electrons. The van der Waals surface area contributed by atoms with E-state index < -0.39 is 29.9 Å². The summed E-state index contributed by atoms with van der Waals surface area (Å²) < 4.78 is 39.6. The highest BCUT2D eigenvalue weighted by Crippen LogP contribution is 2.31. The summed E-state index contributed by atoms with van der Waals surface area (Å²) in [6, 6.07) is 1.48. The highest BCUT2D eigenvalue weighted by Gasteiger charge is 2.34. The monoisotopic (exact) mass is 444 g/mol. The van der Waals surface area contributed by atoms with Crippen molar-refractivity contribution in [2.75, 3.05) is 49.8 Å². The molecule has 2 aliphatic rings. The van der Waals surface area contributed by atoms with Crippen molar-refractivity contribution in [2.45, 2.75) is 12.5 Å². The van der Waals surface area contributed by atoms with Gasteiger partial charge in [-0.1, -0.05) is 0 Å². The van der Waals surface area contributed by atoms with Crippen molar-refractivity contribution in [1.82, 2.24) is 15.8 Å². The molecule has 0 aliphatic carbocycles. The predicted molar refractivity (Wildman–Crippen MR) is 108 cm³/mol. The number of halogens is 2. The number of hydrogen-bond acceptors (Lipinski definition) is 7. The summed E-state index contributed by atoms with van der Waals surface area (Å²) >= 11 is 4.86. The Hall–Kier alpha value is -2.93. The van der Waals surface area contributed by atoms with Gasteiger partial charge in [0.2, 0.25) is 0 Å². The van der Waals surface area contributed by atoms with E-state index in [0.717, 1.165) is 17.0 Å². The van der Waals surface area contributed by atoms with Crippen molar-refractivity contribution in [3.63, 3.8) is 0 Å². The molecule has 4 N–H and O–H groups in total. The van der Waals surface area contributed by atoms with Gasteiger partial charge in [-0.3, -0.25) is 9.91 Å². The molecule has 0 unspecified atom stereocenters. The lowest BCUT2D eigenvalue weighted by Gasteiger charge is -2.25. The van der Waals surface area contributed by atoms with Gasteiger partial charge in [0.1, 0.15) is 11.8 Å². The van der Waals surface area contributed by atoms with E-state index in [1.54, 1.807) is 0 Å². The summed E-state index contributed by atoms with van der Waals surface area (Å²) in [5.74, 6) is -1.68. The molecule has 30 heavy (non-hydrogen) atoms. The summed E-state index contributed by atoms with van der Waals surface area (Å²) in [6.45, 7) is 0.912. The van der Waals surface area contributed by atoms with Crippen LogP contribution in [0.4, 0.5) is 29.7 Å². The molecule has 1 aromatic rings.